The molecule has 0 saturated heterocycles. The van der Waals surface area contributed by atoms with Gasteiger partial charge in [0.05, 0.1) is 0 Å². The molecule has 0 aliphatic heterocycles. The zero-order chi connectivity index (χ0) is 29.8. The van der Waals surface area contributed by atoms with Gasteiger partial charge in [-0.1, -0.05) is 146 Å². The summed E-state index contributed by atoms with van der Waals surface area (Å²) in [7, 11) is 0. The van der Waals surface area contributed by atoms with E-state index in [-0.39, 0.29) is 0 Å². The van der Waals surface area contributed by atoms with E-state index in [0.29, 0.717) is 0 Å². The van der Waals surface area contributed by atoms with E-state index in [2.05, 4.69) is 122 Å². The van der Waals surface area contributed by atoms with Crippen molar-refractivity contribution in [3.8, 4) is 11.1 Å². The highest BCUT2D eigenvalue weighted by Gasteiger charge is 2.14. The van der Waals surface area contributed by atoms with Crippen LogP contribution in [0.3, 0.4) is 0 Å². The molecule has 0 aliphatic carbocycles. The summed E-state index contributed by atoms with van der Waals surface area (Å²) >= 11 is 0. The molecule has 0 heterocycles. The van der Waals surface area contributed by atoms with Gasteiger partial charge in [-0.05, 0) is 60.6 Å². The summed E-state index contributed by atoms with van der Waals surface area (Å²) in [5.41, 5.74) is 7.93. The predicted molar refractivity (Wildman–Crippen MR) is 190 cm³/mol. The van der Waals surface area contributed by atoms with Crippen molar-refractivity contribution in [3.63, 3.8) is 0 Å². The minimum atomic E-state index is 1.12. The summed E-state index contributed by atoms with van der Waals surface area (Å²) in [6, 6.07) is 27.1. The molecule has 3 aromatic carbocycles. The molecule has 0 N–H and O–H groups in total. The summed E-state index contributed by atoms with van der Waals surface area (Å²) < 4.78 is 0. The van der Waals surface area contributed by atoms with Crippen LogP contribution in [-0.4, -0.2) is 26.2 Å². The highest BCUT2D eigenvalue weighted by Crippen LogP contribution is 2.34. The second-order valence-corrected chi connectivity index (χ2v) is 11.8. The summed E-state index contributed by atoms with van der Waals surface area (Å²) in [4.78, 5) is 5.26. The van der Waals surface area contributed by atoms with E-state index in [9.17, 15) is 0 Å². The van der Waals surface area contributed by atoms with E-state index in [1.54, 1.807) is 0 Å². The maximum absolute atomic E-state index is 2.66. The molecule has 0 unspecified atom stereocenters. The Labute approximate surface area is 258 Å². The van der Waals surface area contributed by atoms with Gasteiger partial charge < -0.3 is 9.80 Å². The molecule has 2 nitrogen and oxygen atoms in total. The van der Waals surface area contributed by atoms with Gasteiger partial charge in [0, 0.05) is 43.1 Å². The SMILES string of the molecule is CCCCCN(CCCCC)c1ccc(C=Cc2c(-c3ccccc3)cccc2N(CCCCC)CCCCC)cc1. The van der Waals surface area contributed by atoms with Crippen LogP contribution in [-0.2, 0) is 0 Å². The monoisotopic (exact) mass is 566 g/mol. The van der Waals surface area contributed by atoms with E-state index in [0.717, 1.165) is 26.2 Å². The topological polar surface area (TPSA) is 6.48 Å². The van der Waals surface area contributed by atoms with Crippen LogP contribution in [0.1, 0.15) is 116 Å². The molecule has 0 spiro atoms. The Morgan fingerprint density at radius 1 is 0.476 bits per heavy atom. The van der Waals surface area contributed by atoms with Crippen LogP contribution in [0.2, 0.25) is 0 Å². The third-order valence-electron chi connectivity index (χ3n) is 8.34. The molecule has 0 amide bonds. The Balaban J connectivity index is 1.92. The Kier molecular flexibility index (Phi) is 16.0. The molecule has 3 rings (SSSR count). The normalized spacial score (nSPS) is 11.3. The fourth-order valence-corrected chi connectivity index (χ4v) is 5.78. The van der Waals surface area contributed by atoms with Gasteiger partial charge in [-0.15, -0.1) is 0 Å². The van der Waals surface area contributed by atoms with Gasteiger partial charge in [-0.25, -0.2) is 0 Å². The van der Waals surface area contributed by atoms with E-state index in [4.69, 9.17) is 0 Å². The second kappa shape index (κ2) is 20.0. The quantitative estimate of drug-likeness (QED) is 0.0934. The lowest BCUT2D eigenvalue weighted by molar-refractivity contribution is 0.636. The standard InChI is InChI=1S/C40H58N2/c1-5-9-16-31-41(32-17-10-6-2)37-28-25-35(26-29-37)27-30-39-38(36-21-14-13-15-22-36)23-20-24-40(39)42(33-18-11-7-3)34-19-12-8-4/h13-15,20-30H,5-12,16-19,31-34H2,1-4H3. The van der Waals surface area contributed by atoms with Crippen LogP contribution in [0, 0.1) is 0 Å². The molecule has 42 heavy (non-hydrogen) atoms. The molecule has 0 saturated carbocycles. The molecule has 0 radical (unpaired) electrons. The lowest BCUT2D eigenvalue weighted by Crippen LogP contribution is -2.26. The smallest absolute Gasteiger partial charge is 0.0446 e. The first-order valence-corrected chi connectivity index (χ1v) is 17.2. The fraction of sp³-hybridized carbons (Fsp3) is 0.500. The number of benzene rings is 3. The second-order valence-electron chi connectivity index (χ2n) is 11.8. The molecule has 0 atom stereocenters. The molecule has 0 bridgehead atoms. The molecular weight excluding hydrogens is 508 g/mol. The van der Waals surface area contributed by atoms with Crippen LogP contribution < -0.4 is 9.80 Å². The van der Waals surface area contributed by atoms with Crippen molar-refractivity contribution in [1.82, 2.24) is 0 Å². The van der Waals surface area contributed by atoms with Crippen molar-refractivity contribution in [2.75, 3.05) is 36.0 Å². The van der Waals surface area contributed by atoms with Gasteiger partial charge in [-0.2, -0.15) is 0 Å². The molecule has 0 fully saturated rings. The number of nitrogens with zero attached hydrogens (tertiary/aromatic N) is 2. The van der Waals surface area contributed by atoms with Crippen molar-refractivity contribution in [3.05, 3.63) is 83.9 Å². The van der Waals surface area contributed by atoms with Crippen molar-refractivity contribution < 1.29 is 0 Å². The van der Waals surface area contributed by atoms with Crippen LogP contribution in [0.4, 0.5) is 11.4 Å². The van der Waals surface area contributed by atoms with Crippen LogP contribution in [0.15, 0.2) is 72.8 Å². The summed E-state index contributed by atoms with van der Waals surface area (Å²) in [6.07, 6.45) is 20.0. The van der Waals surface area contributed by atoms with Crippen molar-refractivity contribution >= 4 is 23.5 Å². The van der Waals surface area contributed by atoms with Gasteiger partial charge in [-0.3, -0.25) is 0 Å². The van der Waals surface area contributed by atoms with Gasteiger partial charge in [0.15, 0.2) is 0 Å². The first-order valence-electron chi connectivity index (χ1n) is 17.2. The summed E-state index contributed by atoms with van der Waals surface area (Å²) in [6.45, 7) is 13.7. The first-order chi connectivity index (χ1) is 20.7. The van der Waals surface area contributed by atoms with E-state index in [1.165, 1.54) is 111 Å². The minimum Gasteiger partial charge on any atom is -0.372 e. The van der Waals surface area contributed by atoms with Gasteiger partial charge in [0.25, 0.3) is 0 Å². The lowest BCUT2D eigenvalue weighted by atomic mass is 9.96. The summed E-state index contributed by atoms with van der Waals surface area (Å²) in [5.74, 6) is 0. The minimum absolute atomic E-state index is 1.12. The van der Waals surface area contributed by atoms with Crippen LogP contribution in [0.25, 0.3) is 23.3 Å². The number of unbranched alkanes of at least 4 members (excludes halogenated alkanes) is 8. The maximum Gasteiger partial charge on any atom is 0.0446 e. The lowest BCUT2D eigenvalue weighted by Gasteiger charge is -2.28. The van der Waals surface area contributed by atoms with Gasteiger partial charge in [0.2, 0.25) is 0 Å². The van der Waals surface area contributed by atoms with Gasteiger partial charge >= 0.3 is 0 Å². The number of rotatable bonds is 21. The number of anilines is 2. The van der Waals surface area contributed by atoms with Crippen LogP contribution >= 0.6 is 0 Å². The zero-order valence-corrected chi connectivity index (χ0v) is 27.3. The highest BCUT2D eigenvalue weighted by atomic mass is 15.1. The Bertz CT molecular complexity index is 1110. The maximum atomic E-state index is 2.66. The third-order valence-corrected chi connectivity index (χ3v) is 8.34. The molecule has 228 valence electrons. The zero-order valence-electron chi connectivity index (χ0n) is 27.3. The fourth-order valence-electron chi connectivity index (χ4n) is 5.78. The van der Waals surface area contributed by atoms with Crippen molar-refractivity contribution in [1.29, 1.82) is 0 Å². The average molecular weight is 567 g/mol. The van der Waals surface area contributed by atoms with Crippen LogP contribution in [0.5, 0.6) is 0 Å². The van der Waals surface area contributed by atoms with E-state index < -0.39 is 0 Å². The highest BCUT2D eigenvalue weighted by molar-refractivity contribution is 5.88. The molecule has 0 aromatic heterocycles. The van der Waals surface area contributed by atoms with Crippen molar-refractivity contribution in [2.45, 2.75) is 105 Å². The Morgan fingerprint density at radius 2 is 1.00 bits per heavy atom. The van der Waals surface area contributed by atoms with E-state index >= 15 is 0 Å². The average Bonchev–Trinajstić information content (AvgIpc) is 3.03. The summed E-state index contributed by atoms with van der Waals surface area (Å²) in [5, 5.41) is 0. The molecule has 3 aromatic rings. The Hall–Kier alpha value is -3.00. The predicted octanol–water partition coefficient (Wildman–Crippen LogP) is 11.9. The third kappa shape index (κ3) is 11.0. The number of hydrogen-bond acceptors (Lipinski definition) is 2. The number of hydrogen-bond donors (Lipinski definition) is 0. The first kappa shape index (κ1) is 33.5. The van der Waals surface area contributed by atoms with Crippen molar-refractivity contribution in [2.24, 2.45) is 0 Å². The molecule has 0 aliphatic rings. The van der Waals surface area contributed by atoms with E-state index in [1.807, 2.05) is 0 Å². The molecular formula is C40H58N2. The molecule has 2 heteroatoms. The van der Waals surface area contributed by atoms with Gasteiger partial charge in [0.1, 0.15) is 0 Å². The Morgan fingerprint density at radius 3 is 1.52 bits per heavy atom. The largest absolute Gasteiger partial charge is 0.372 e.